The third-order valence-corrected chi connectivity index (χ3v) is 5.10. The summed E-state index contributed by atoms with van der Waals surface area (Å²) in [4.78, 5) is 32.4. The molecular formula is C21H16ClF3N2O4. The number of carbonyl (C=O) groups excluding carboxylic acids is 2. The molecule has 162 valence electrons. The molecule has 0 unspecified atom stereocenters. The molecule has 3 rings (SSSR count). The molecule has 0 radical (unpaired) electrons. The highest BCUT2D eigenvalue weighted by atomic mass is 35.5. The number of aliphatic carboxylic acids is 1. The van der Waals surface area contributed by atoms with E-state index in [2.05, 4.69) is 0 Å². The van der Waals surface area contributed by atoms with Gasteiger partial charge in [0.15, 0.2) is 0 Å². The lowest BCUT2D eigenvalue weighted by molar-refractivity contribution is -0.149. The van der Waals surface area contributed by atoms with Crippen LogP contribution >= 0.6 is 11.6 Å². The van der Waals surface area contributed by atoms with Crippen molar-refractivity contribution in [2.24, 2.45) is 5.73 Å². The van der Waals surface area contributed by atoms with E-state index >= 15 is 0 Å². The number of carboxylic acids is 1. The van der Waals surface area contributed by atoms with Gasteiger partial charge in [0.1, 0.15) is 0 Å². The molecule has 1 aliphatic carbocycles. The molecule has 1 aliphatic rings. The van der Waals surface area contributed by atoms with Gasteiger partial charge in [-0.2, -0.15) is 18.4 Å². The standard InChI is InChI=1S/C12H11ClO3.C9H5F3N2O/c13-9-4-2-1-3-8(9)12(5-6-12)7-10(14)11(15)16;10-9(11,12)7-3-5(8(14)15)1-2-6(7)4-13/h1-4H,5-7H2,(H,15,16);1-3H,(H2,14,15). The number of nitrogens with zero attached hydrogens (tertiary/aromatic N) is 1. The largest absolute Gasteiger partial charge is 0.476 e. The molecule has 0 heterocycles. The molecule has 10 heteroatoms. The second-order valence-electron chi connectivity index (χ2n) is 6.90. The summed E-state index contributed by atoms with van der Waals surface area (Å²) in [6.07, 6.45) is -2.96. The topological polar surface area (TPSA) is 121 Å². The molecule has 0 aliphatic heterocycles. The zero-order valence-electron chi connectivity index (χ0n) is 15.9. The number of halogens is 4. The Hall–Kier alpha value is -3.38. The van der Waals surface area contributed by atoms with Gasteiger partial charge in [0.05, 0.1) is 17.2 Å². The van der Waals surface area contributed by atoms with Gasteiger partial charge >= 0.3 is 12.1 Å². The summed E-state index contributed by atoms with van der Waals surface area (Å²) in [5.74, 6) is -3.07. The summed E-state index contributed by atoms with van der Waals surface area (Å²) >= 11 is 6.05. The van der Waals surface area contributed by atoms with E-state index in [9.17, 15) is 27.6 Å². The minimum absolute atomic E-state index is 0.0477. The number of carboxylic acid groups (broad SMARTS) is 1. The fourth-order valence-corrected chi connectivity index (χ4v) is 3.33. The van der Waals surface area contributed by atoms with Gasteiger partial charge in [0, 0.05) is 22.4 Å². The van der Waals surface area contributed by atoms with Gasteiger partial charge in [-0.05, 0) is 42.7 Å². The summed E-state index contributed by atoms with van der Waals surface area (Å²) in [5, 5.41) is 17.7. The first-order valence-corrected chi connectivity index (χ1v) is 9.21. The molecule has 2 aromatic carbocycles. The second kappa shape index (κ2) is 9.18. The van der Waals surface area contributed by atoms with Crippen LogP contribution in [0.3, 0.4) is 0 Å². The molecule has 1 fully saturated rings. The molecule has 0 aromatic heterocycles. The van der Waals surface area contributed by atoms with Crippen molar-refractivity contribution in [1.29, 1.82) is 5.26 Å². The van der Waals surface area contributed by atoms with Crippen LogP contribution in [-0.2, 0) is 21.2 Å². The van der Waals surface area contributed by atoms with Crippen LogP contribution in [0.4, 0.5) is 13.2 Å². The van der Waals surface area contributed by atoms with Crippen molar-refractivity contribution in [1.82, 2.24) is 0 Å². The number of nitrogens with two attached hydrogens (primary N) is 1. The predicted molar refractivity (Wildman–Crippen MR) is 104 cm³/mol. The van der Waals surface area contributed by atoms with Crippen LogP contribution in [0, 0.1) is 11.3 Å². The van der Waals surface area contributed by atoms with E-state index in [4.69, 9.17) is 27.7 Å². The lowest BCUT2D eigenvalue weighted by Gasteiger charge is -2.15. The average molecular weight is 453 g/mol. The SMILES string of the molecule is N#Cc1ccc(C(N)=O)cc1C(F)(F)F.O=C(O)C(=O)CC1(c2ccccc2Cl)CC1. The third kappa shape index (κ3) is 5.83. The van der Waals surface area contributed by atoms with Gasteiger partial charge in [-0.1, -0.05) is 29.8 Å². The zero-order chi connectivity index (χ0) is 23.4. The number of rotatable bonds is 5. The van der Waals surface area contributed by atoms with E-state index in [1.807, 2.05) is 18.2 Å². The first-order chi connectivity index (χ1) is 14.4. The monoisotopic (exact) mass is 452 g/mol. The molecule has 3 N–H and O–H groups in total. The summed E-state index contributed by atoms with van der Waals surface area (Å²) in [6, 6.07) is 11.3. The Bertz CT molecular complexity index is 1070. The van der Waals surface area contributed by atoms with Gasteiger partial charge in [0.25, 0.3) is 0 Å². The van der Waals surface area contributed by atoms with Crippen LogP contribution < -0.4 is 5.73 Å². The van der Waals surface area contributed by atoms with Gasteiger partial charge in [-0.25, -0.2) is 4.79 Å². The van der Waals surface area contributed by atoms with E-state index < -0.39 is 35.0 Å². The van der Waals surface area contributed by atoms with Gasteiger partial charge in [-0.15, -0.1) is 0 Å². The molecular weight excluding hydrogens is 437 g/mol. The predicted octanol–water partition coefficient (Wildman–Crippen LogP) is 4.09. The lowest BCUT2D eigenvalue weighted by Crippen LogP contribution is -2.20. The molecule has 0 bridgehead atoms. The Morgan fingerprint density at radius 2 is 1.77 bits per heavy atom. The quantitative estimate of drug-likeness (QED) is 0.662. The molecule has 1 amide bonds. The van der Waals surface area contributed by atoms with E-state index in [0.717, 1.165) is 30.5 Å². The van der Waals surface area contributed by atoms with E-state index in [-0.39, 0.29) is 17.4 Å². The molecule has 6 nitrogen and oxygen atoms in total. The van der Waals surface area contributed by atoms with Crippen LogP contribution in [0.25, 0.3) is 0 Å². The maximum Gasteiger partial charge on any atom is 0.417 e. The second-order valence-corrected chi connectivity index (χ2v) is 7.31. The fraction of sp³-hybridized carbons (Fsp3) is 0.238. The van der Waals surface area contributed by atoms with Crippen molar-refractivity contribution in [3.8, 4) is 6.07 Å². The molecule has 2 aromatic rings. The summed E-state index contributed by atoms with van der Waals surface area (Å²) in [6.45, 7) is 0. The van der Waals surface area contributed by atoms with Crippen molar-refractivity contribution in [3.05, 3.63) is 69.7 Å². The molecule has 0 spiro atoms. The number of hydrogen-bond acceptors (Lipinski definition) is 4. The summed E-state index contributed by atoms with van der Waals surface area (Å²) < 4.78 is 37.1. The Balaban J connectivity index is 0.000000221. The highest BCUT2D eigenvalue weighted by Gasteiger charge is 2.47. The highest BCUT2D eigenvalue weighted by Crippen LogP contribution is 2.53. The zero-order valence-corrected chi connectivity index (χ0v) is 16.6. The van der Waals surface area contributed by atoms with Crippen molar-refractivity contribution in [2.45, 2.75) is 30.9 Å². The maximum atomic E-state index is 12.4. The number of amides is 1. The molecule has 31 heavy (non-hydrogen) atoms. The van der Waals surface area contributed by atoms with E-state index in [0.29, 0.717) is 11.1 Å². The third-order valence-electron chi connectivity index (χ3n) is 4.77. The van der Waals surface area contributed by atoms with Crippen molar-refractivity contribution >= 4 is 29.3 Å². The Labute approximate surface area is 180 Å². The number of alkyl halides is 3. The van der Waals surface area contributed by atoms with E-state index in [1.165, 1.54) is 6.07 Å². The number of hydrogen-bond donors (Lipinski definition) is 2. The van der Waals surface area contributed by atoms with Gasteiger partial charge < -0.3 is 10.8 Å². The van der Waals surface area contributed by atoms with Gasteiger partial charge in [-0.3, -0.25) is 9.59 Å². The van der Waals surface area contributed by atoms with Crippen molar-refractivity contribution in [3.63, 3.8) is 0 Å². The highest BCUT2D eigenvalue weighted by molar-refractivity contribution is 6.33. The van der Waals surface area contributed by atoms with Crippen LogP contribution in [0.1, 0.15) is 46.3 Å². The van der Waals surface area contributed by atoms with Crippen LogP contribution in [0.2, 0.25) is 5.02 Å². The number of Topliss-reactive ketones (excluding diaryl/α,β-unsaturated/α-hetero) is 1. The normalized spacial score (nSPS) is 13.9. The summed E-state index contributed by atoms with van der Waals surface area (Å²) in [5.41, 5.74) is 3.43. The number of primary amides is 1. The molecule has 1 saturated carbocycles. The van der Waals surface area contributed by atoms with Crippen molar-refractivity contribution < 1.29 is 32.7 Å². The minimum Gasteiger partial charge on any atom is -0.476 e. The Kier molecular flexibility index (Phi) is 7.08. The lowest BCUT2D eigenvalue weighted by atomic mass is 9.90. The Morgan fingerprint density at radius 1 is 1.16 bits per heavy atom. The molecule has 0 saturated heterocycles. The number of benzene rings is 2. The Morgan fingerprint density at radius 3 is 2.23 bits per heavy atom. The minimum atomic E-state index is -4.67. The smallest absolute Gasteiger partial charge is 0.417 e. The fourth-order valence-electron chi connectivity index (χ4n) is 3.00. The van der Waals surface area contributed by atoms with Crippen LogP contribution in [0.15, 0.2) is 42.5 Å². The molecule has 0 atom stereocenters. The average Bonchev–Trinajstić information content (AvgIpc) is 3.47. The van der Waals surface area contributed by atoms with Crippen molar-refractivity contribution in [2.75, 3.05) is 0 Å². The first-order valence-electron chi connectivity index (χ1n) is 8.83. The van der Waals surface area contributed by atoms with Gasteiger partial charge in [0.2, 0.25) is 11.7 Å². The van der Waals surface area contributed by atoms with Crippen LogP contribution in [-0.4, -0.2) is 22.8 Å². The summed E-state index contributed by atoms with van der Waals surface area (Å²) in [7, 11) is 0. The number of ketones is 1. The maximum absolute atomic E-state index is 12.4. The number of nitriles is 1. The first kappa shape index (κ1) is 23.9. The number of carbonyl (C=O) groups is 3. The van der Waals surface area contributed by atoms with Crippen LogP contribution in [0.5, 0.6) is 0 Å². The van der Waals surface area contributed by atoms with E-state index in [1.54, 1.807) is 6.07 Å².